The van der Waals surface area contributed by atoms with Gasteiger partial charge in [-0.15, -0.1) is 0 Å². The van der Waals surface area contributed by atoms with Crippen LogP contribution in [0.2, 0.25) is 0 Å². The molecule has 0 fully saturated rings. The molecule has 0 saturated heterocycles. The first kappa shape index (κ1) is 14.3. The average Bonchev–Trinajstić information content (AvgIpc) is 2.94. The van der Waals surface area contributed by atoms with Crippen LogP contribution in [0, 0.1) is 0 Å². The lowest BCUT2D eigenvalue weighted by Gasteiger charge is -2.06. The van der Waals surface area contributed by atoms with Crippen molar-refractivity contribution in [3.63, 3.8) is 0 Å². The number of furan rings is 1. The van der Waals surface area contributed by atoms with Gasteiger partial charge in [-0.25, -0.2) is 0 Å². The number of hydrogen-bond donors (Lipinski definition) is 2. The number of nitrogens with one attached hydrogen (secondary N) is 2. The van der Waals surface area contributed by atoms with Crippen molar-refractivity contribution in [3.05, 3.63) is 54.0 Å². The quantitative estimate of drug-likeness (QED) is 0.813. The third-order valence-corrected chi connectivity index (χ3v) is 2.92. The van der Waals surface area contributed by atoms with Crippen molar-refractivity contribution in [1.82, 2.24) is 5.32 Å². The highest BCUT2D eigenvalue weighted by molar-refractivity contribution is 5.90. The van der Waals surface area contributed by atoms with Crippen molar-refractivity contribution in [2.45, 2.75) is 32.9 Å². The van der Waals surface area contributed by atoms with Crippen LogP contribution in [-0.2, 0) is 17.9 Å². The van der Waals surface area contributed by atoms with Crippen molar-refractivity contribution < 1.29 is 9.21 Å². The molecule has 0 aliphatic heterocycles. The fourth-order valence-corrected chi connectivity index (χ4v) is 1.90. The summed E-state index contributed by atoms with van der Waals surface area (Å²) in [6.45, 7) is 3.47. The molecule has 0 bridgehead atoms. The zero-order chi connectivity index (χ0) is 14.2. The lowest BCUT2D eigenvalue weighted by molar-refractivity contribution is -0.116. The Morgan fingerprint density at radius 1 is 1.15 bits per heavy atom. The predicted molar refractivity (Wildman–Crippen MR) is 79.2 cm³/mol. The second-order valence-corrected chi connectivity index (χ2v) is 4.68. The van der Waals surface area contributed by atoms with E-state index in [1.165, 1.54) is 5.56 Å². The molecular weight excluding hydrogens is 252 g/mol. The molecule has 106 valence electrons. The zero-order valence-electron chi connectivity index (χ0n) is 11.7. The minimum absolute atomic E-state index is 0.0659. The maximum Gasteiger partial charge on any atom is 0.224 e. The summed E-state index contributed by atoms with van der Waals surface area (Å²) in [6.07, 6.45) is 3.10. The monoisotopic (exact) mass is 272 g/mol. The van der Waals surface area contributed by atoms with E-state index in [4.69, 9.17) is 4.42 Å². The molecule has 2 aromatic rings. The highest BCUT2D eigenvalue weighted by atomic mass is 16.3. The molecule has 0 aliphatic carbocycles. The van der Waals surface area contributed by atoms with E-state index in [-0.39, 0.29) is 5.91 Å². The molecule has 1 amide bonds. The summed E-state index contributed by atoms with van der Waals surface area (Å²) in [5.41, 5.74) is 2.02. The Morgan fingerprint density at radius 2 is 1.95 bits per heavy atom. The molecule has 4 nitrogen and oxygen atoms in total. The van der Waals surface area contributed by atoms with E-state index in [0.29, 0.717) is 13.0 Å². The van der Waals surface area contributed by atoms with Crippen LogP contribution in [0.15, 0.2) is 47.1 Å². The number of anilines is 1. The van der Waals surface area contributed by atoms with Crippen LogP contribution in [0.3, 0.4) is 0 Å². The summed E-state index contributed by atoms with van der Waals surface area (Å²) in [4.78, 5) is 11.5. The number of hydrogen-bond acceptors (Lipinski definition) is 3. The SMILES string of the molecule is CCCC(=O)Nc1ccc(CNCc2ccco2)cc1. The van der Waals surface area contributed by atoms with Gasteiger partial charge >= 0.3 is 0 Å². The molecule has 1 heterocycles. The van der Waals surface area contributed by atoms with E-state index >= 15 is 0 Å². The molecule has 2 N–H and O–H groups in total. The van der Waals surface area contributed by atoms with Gasteiger partial charge < -0.3 is 15.1 Å². The molecule has 20 heavy (non-hydrogen) atoms. The first-order chi connectivity index (χ1) is 9.78. The van der Waals surface area contributed by atoms with E-state index in [0.717, 1.165) is 24.4 Å². The van der Waals surface area contributed by atoms with Gasteiger partial charge in [-0.05, 0) is 36.2 Å². The summed E-state index contributed by atoms with van der Waals surface area (Å²) in [7, 11) is 0. The van der Waals surface area contributed by atoms with Gasteiger partial charge in [0.05, 0.1) is 12.8 Å². The molecule has 1 aromatic heterocycles. The van der Waals surface area contributed by atoms with E-state index in [2.05, 4.69) is 10.6 Å². The Hall–Kier alpha value is -2.07. The maximum atomic E-state index is 11.5. The molecule has 0 atom stereocenters. The van der Waals surface area contributed by atoms with Gasteiger partial charge in [0.25, 0.3) is 0 Å². The lowest BCUT2D eigenvalue weighted by atomic mass is 10.2. The molecule has 0 spiro atoms. The first-order valence-corrected chi connectivity index (χ1v) is 6.90. The van der Waals surface area contributed by atoms with Crippen LogP contribution in [-0.4, -0.2) is 5.91 Å². The van der Waals surface area contributed by atoms with E-state index in [1.54, 1.807) is 6.26 Å². The Kier molecular flexibility index (Phi) is 5.38. The van der Waals surface area contributed by atoms with Crippen LogP contribution in [0.4, 0.5) is 5.69 Å². The van der Waals surface area contributed by atoms with Gasteiger partial charge in [-0.3, -0.25) is 4.79 Å². The highest BCUT2D eigenvalue weighted by Gasteiger charge is 2.01. The molecule has 0 saturated carbocycles. The summed E-state index contributed by atoms with van der Waals surface area (Å²) in [6, 6.07) is 11.7. The van der Waals surface area contributed by atoms with E-state index < -0.39 is 0 Å². The van der Waals surface area contributed by atoms with Crippen molar-refractivity contribution in [2.75, 3.05) is 5.32 Å². The Bertz CT molecular complexity index is 518. The van der Waals surface area contributed by atoms with Crippen LogP contribution >= 0.6 is 0 Å². The van der Waals surface area contributed by atoms with Crippen LogP contribution in [0.1, 0.15) is 31.1 Å². The lowest BCUT2D eigenvalue weighted by Crippen LogP contribution is -2.13. The molecule has 0 aliphatic rings. The Morgan fingerprint density at radius 3 is 2.60 bits per heavy atom. The normalized spacial score (nSPS) is 10.4. The van der Waals surface area contributed by atoms with Crippen LogP contribution < -0.4 is 10.6 Å². The molecule has 4 heteroatoms. The number of carbonyl (C=O) groups excluding carboxylic acids is 1. The van der Waals surface area contributed by atoms with Gasteiger partial charge in [-0.2, -0.15) is 0 Å². The van der Waals surface area contributed by atoms with Gasteiger partial charge in [0.1, 0.15) is 5.76 Å². The summed E-state index contributed by atoms with van der Waals surface area (Å²) in [5.74, 6) is 0.990. The Balaban J connectivity index is 1.77. The van der Waals surface area contributed by atoms with Crippen LogP contribution in [0.25, 0.3) is 0 Å². The zero-order valence-corrected chi connectivity index (χ0v) is 11.7. The fraction of sp³-hybridized carbons (Fsp3) is 0.312. The standard InChI is InChI=1S/C16H20N2O2/c1-2-4-16(19)18-14-8-6-13(7-9-14)11-17-12-15-5-3-10-20-15/h3,5-10,17H,2,4,11-12H2,1H3,(H,18,19). The van der Waals surface area contributed by atoms with E-state index in [9.17, 15) is 4.79 Å². The van der Waals surface area contributed by atoms with Crippen molar-refractivity contribution in [1.29, 1.82) is 0 Å². The first-order valence-electron chi connectivity index (χ1n) is 6.90. The Labute approximate surface area is 119 Å². The minimum atomic E-state index is 0.0659. The van der Waals surface area contributed by atoms with Gasteiger partial charge in [-0.1, -0.05) is 19.1 Å². The fourth-order valence-electron chi connectivity index (χ4n) is 1.90. The molecule has 2 rings (SSSR count). The van der Waals surface area contributed by atoms with Gasteiger partial charge in [0, 0.05) is 18.7 Å². The van der Waals surface area contributed by atoms with Crippen molar-refractivity contribution in [2.24, 2.45) is 0 Å². The van der Waals surface area contributed by atoms with Gasteiger partial charge in [0.15, 0.2) is 0 Å². The predicted octanol–water partition coefficient (Wildman–Crippen LogP) is 3.31. The van der Waals surface area contributed by atoms with Crippen LogP contribution in [0.5, 0.6) is 0 Å². The molecular formula is C16H20N2O2. The maximum absolute atomic E-state index is 11.5. The molecule has 0 unspecified atom stereocenters. The number of amides is 1. The second-order valence-electron chi connectivity index (χ2n) is 4.68. The number of carbonyl (C=O) groups is 1. The highest BCUT2D eigenvalue weighted by Crippen LogP contribution is 2.10. The summed E-state index contributed by atoms with van der Waals surface area (Å²) >= 11 is 0. The largest absolute Gasteiger partial charge is 0.468 e. The molecule has 1 aromatic carbocycles. The van der Waals surface area contributed by atoms with Crippen molar-refractivity contribution in [3.8, 4) is 0 Å². The average molecular weight is 272 g/mol. The number of rotatable bonds is 7. The van der Waals surface area contributed by atoms with Gasteiger partial charge in [0.2, 0.25) is 5.91 Å². The third-order valence-electron chi connectivity index (χ3n) is 2.92. The van der Waals surface area contributed by atoms with E-state index in [1.807, 2.05) is 43.3 Å². The third kappa shape index (κ3) is 4.55. The summed E-state index contributed by atoms with van der Waals surface area (Å²) in [5, 5.41) is 6.18. The second kappa shape index (κ2) is 7.50. The number of benzene rings is 1. The summed E-state index contributed by atoms with van der Waals surface area (Å²) < 4.78 is 5.25. The molecule has 0 radical (unpaired) electrons. The minimum Gasteiger partial charge on any atom is -0.468 e. The smallest absolute Gasteiger partial charge is 0.224 e. The topological polar surface area (TPSA) is 54.3 Å². The van der Waals surface area contributed by atoms with Crippen molar-refractivity contribution >= 4 is 11.6 Å².